The summed E-state index contributed by atoms with van der Waals surface area (Å²) in [4.78, 5) is 6.46. The maximum Gasteiger partial charge on any atom is 0.186 e. The van der Waals surface area contributed by atoms with Gasteiger partial charge in [-0.05, 0) is 65.6 Å². The molecule has 29 heavy (non-hydrogen) atoms. The molecule has 0 aliphatic carbocycles. The molecule has 0 aliphatic heterocycles. The molecule has 0 saturated heterocycles. The lowest BCUT2D eigenvalue weighted by atomic mass is 10.1. The van der Waals surface area contributed by atoms with Gasteiger partial charge < -0.3 is 4.55 Å². The van der Waals surface area contributed by atoms with Crippen LogP contribution in [-0.4, -0.2) is 25.6 Å². The second-order valence-electron chi connectivity index (χ2n) is 6.56. The van der Waals surface area contributed by atoms with Gasteiger partial charge in [-0.1, -0.05) is 17.7 Å². The Bertz CT molecular complexity index is 1170. The van der Waals surface area contributed by atoms with Crippen LogP contribution in [0.25, 0.3) is 33.2 Å². The third-order valence-corrected chi connectivity index (χ3v) is 7.06. The number of aromatic nitrogens is 3. The largest absolute Gasteiger partial charge is 0.612 e. The molecule has 4 aromatic rings. The molecule has 0 amide bonds. The maximum atomic E-state index is 14.3. The quantitative estimate of drug-likeness (QED) is 0.378. The summed E-state index contributed by atoms with van der Waals surface area (Å²) < 4.78 is 27.5. The molecule has 2 aromatic heterocycles. The molecule has 0 radical (unpaired) electrons. The highest BCUT2D eigenvalue weighted by atomic mass is 35.5. The molecule has 0 spiro atoms. The first-order chi connectivity index (χ1) is 13.9. The van der Waals surface area contributed by atoms with E-state index in [0.29, 0.717) is 5.82 Å². The highest BCUT2D eigenvalue weighted by Crippen LogP contribution is 2.38. The smallest absolute Gasteiger partial charge is 0.186 e. The zero-order valence-electron chi connectivity index (χ0n) is 15.9. The SMILES string of the molecule is Cc1c(-c2nc(-c3c(F)cccc3Cl)nn2C)csc1-c1ccc([S+](C)[O-])cc1. The average Bonchev–Trinajstić information content (AvgIpc) is 3.24. The predicted molar refractivity (Wildman–Crippen MR) is 117 cm³/mol. The van der Waals surface area contributed by atoms with Crippen LogP contribution in [0.3, 0.4) is 0 Å². The Hall–Kier alpha value is -2.19. The molecule has 0 bridgehead atoms. The molecule has 1 unspecified atom stereocenters. The van der Waals surface area contributed by atoms with E-state index in [9.17, 15) is 8.94 Å². The Labute approximate surface area is 180 Å². The first kappa shape index (κ1) is 20.1. The van der Waals surface area contributed by atoms with Gasteiger partial charge in [0.1, 0.15) is 12.1 Å². The van der Waals surface area contributed by atoms with Gasteiger partial charge >= 0.3 is 0 Å². The van der Waals surface area contributed by atoms with Crippen LogP contribution >= 0.6 is 22.9 Å². The van der Waals surface area contributed by atoms with Gasteiger partial charge in [-0.15, -0.1) is 11.3 Å². The van der Waals surface area contributed by atoms with Crippen LogP contribution in [0, 0.1) is 12.7 Å². The number of thiophene rings is 1. The Balaban J connectivity index is 1.75. The number of aryl methyl sites for hydroxylation is 1. The number of hydrogen-bond donors (Lipinski definition) is 0. The molecule has 8 heteroatoms. The summed E-state index contributed by atoms with van der Waals surface area (Å²) in [6.45, 7) is 2.03. The van der Waals surface area contributed by atoms with Crippen molar-refractivity contribution in [1.82, 2.24) is 14.8 Å². The van der Waals surface area contributed by atoms with E-state index in [1.165, 1.54) is 6.07 Å². The number of halogens is 2. The van der Waals surface area contributed by atoms with E-state index in [1.807, 2.05) is 36.6 Å². The summed E-state index contributed by atoms with van der Waals surface area (Å²) in [5.41, 5.74) is 3.24. The molecule has 4 nitrogen and oxygen atoms in total. The fraction of sp³-hybridized carbons (Fsp3) is 0.143. The number of nitrogens with zero attached hydrogens (tertiary/aromatic N) is 3. The van der Waals surface area contributed by atoms with Crippen LogP contribution in [0.15, 0.2) is 52.7 Å². The van der Waals surface area contributed by atoms with Gasteiger partial charge in [-0.25, -0.2) is 14.1 Å². The lowest BCUT2D eigenvalue weighted by molar-refractivity contribution is 0.601. The molecular weight excluding hydrogens is 429 g/mol. The minimum Gasteiger partial charge on any atom is -0.612 e. The Morgan fingerprint density at radius 2 is 1.90 bits per heavy atom. The third kappa shape index (κ3) is 3.71. The molecule has 4 rings (SSSR count). The highest BCUT2D eigenvalue weighted by Gasteiger charge is 2.20. The van der Waals surface area contributed by atoms with Gasteiger partial charge in [-0.3, -0.25) is 0 Å². The van der Waals surface area contributed by atoms with Crippen molar-refractivity contribution in [1.29, 1.82) is 0 Å². The van der Waals surface area contributed by atoms with E-state index in [-0.39, 0.29) is 16.4 Å². The van der Waals surface area contributed by atoms with Gasteiger partial charge in [0.15, 0.2) is 16.5 Å². The summed E-state index contributed by atoms with van der Waals surface area (Å²) in [5.74, 6) is 0.448. The second kappa shape index (κ2) is 7.91. The zero-order chi connectivity index (χ0) is 20.7. The third-order valence-electron chi connectivity index (χ3n) is 4.68. The van der Waals surface area contributed by atoms with Gasteiger partial charge in [0.2, 0.25) is 0 Å². The molecular formula is C21H17ClFN3OS2. The average molecular weight is 446 g/mol. The number of hydrogen-bond acceptors (Lipinski definition) is 4. The predicted octanol–water partition coefficient (Wildman–Crippen LogP) is 5.72. The van der Waals surface area contributed by atoms with Crippen molar-refractivity contribution in [3.63, 3.8) is 0 Å². The van der Waals surface area contributed by atoms with E-state index in [0.717, 1.165) is 26.5 Å². The summed E-state index contributed by atoms with van der Waals surface area (Å²) in [7, 11) is 1.78. The van der Waals surface area contributed by atoms with E-state index >= 15 is 0 Å². The van der Waals surface area contributed by atoms with Crippen molar-refractivity contribution >= 4 is 34.1 Å². The summed E-state index contributed by atoms with van der Waals surface area (Å²) in [5, 5.41) is 6.68. The Morgan fingerprint density at radius 1 is 1.17 bits per heavy atom. The monoisotopic (exact) mass is 445 g/mol. The minimum atomic E-state index is -1.01. The molecule has 0 aliphatic rings. The normalized spacial score (nSPS) is 12.3. The van der Waals surface area contributed by atoms with E-state index in [4.69, 9.17) is 11.6 Å². The van der Waals surface area contributed by atoms with Crippen LogP contribution in [-0.2, 0) is 18.2 Å². The van der Waals surface area contributed by atoms with Crippen molar-refractivity contribution < 1.29 is 8.94 Å². The van der Waals surface area contributed by atoms with Crippen molar-refractivity contribution in [2.75, 3.05) is 6.26 Å². The van der Waals surface area contributed by atoms with Crippen LogP contribution in [0.4, 0.5) is 4.39 Å². The molecule has 0 saturated carbocycles. The first-order valence-corrected chi connectivity index (χ1v) is 11.6. The molecule has 0 fully saturated rings. The van der Waals surface area contributed by atoms with Gasteiger partial charge in [0.05, 0.1) is 10.6 Å². The van der Waals surface area contributed by atoms with Crippen LogP contribution in [0.2, 0.25) is 5.02 Å². The fourth-order valence-corrected chi connectivity index (χ4v) is 5.00. The second-order valence-corrected chi connectivity index (χ2v) is 9.23. The highest BCUT2D eigenvalue weighted by molar-refractivity contribution is 7.90. The number of benzene rings is 2. The summed E-state index contributed by atoms with van der Waals surface area (Å²) in [6.07, 6.45) is 1.66. The van der Waals surface area contributed by atoms with Crippen LogP contribution in [0.1, 0.15) is 5.56 Å². The molecule has 148 valence electrons. The topological polar surface area (TPSA) is 53.8 Å². The maximum absolute atomic E-state index is 14.3. The lowest BCUT2D eigenvalue weighted by Gasteiger charge is -2.06. The number of rotatable bonds is 4. The van der Waals surface area contributed by atoms with E-state index in [2.05, 4.69) is 10.1 Å². The van der Waals surface area contributed by atoms with Crippen LogP contribution in [0.5, 0.6) is 0 Å². The standard InChI is InChI=1S/C21H17ClFN3OS2/c1-12-15(11-28-19(12)13-7-9-14(10-8-13)29(3)27)21-24-20(25-26(21)2)18-16(22)5-4-6-17(18)23/h4-11H,1-3H3. The Morgan fingerprint density at radius 3 is 2.55 bits per heavy atom. The first-order valence-electron chi connectivity index (χ1n) is 8.74. The molecule has 2 heterocycles. The molecule has 1 atom stereocenters. The van der Waals surface area contributed by atoms with Crippen molar-refractivity contribution in [2.24, 2.45) is 7.05 Å². The summed E-state index contributed by atoms with van der Waals surface area (Å²) in [6, 6.07) is 12.2. The van der Waals surface area contributed by atoms with Gasteiger partial charge in [0, 0.05) is 22.9 Å². The Kier molecular flexibility index (Phi) is 5.48. The molecule has 0 N–H and O–H groups in total. The van der Waals surface area contributed by atoms with E-state index in [1.54, 1.807) is 41.5 Å². The molecule has 2 aromatic carbocycles. The zero-order valence-corrected chi connectivity index (χ0v) is 18.3. The van der Waals surface area contributed by atoms with Gasteiger partial charge in [-0.2, -0.15) is 5.10 Å². The summed E-state index contributed by atoms with van der Waals surface area (Å²) >= 11 is 6.77. The fourth-order valence-electron chi connectivity index (χ4n) is 3.16. The van der Waals surface area contributed by atoms with Gasteiger partial charge in [0.25, 0.3) is 0 Å². The minimum absolute atomic E-state index is 0.201. The van der Waals surface area contributed by atoms with Crippen molar-refractivity contribution in [3.05, 3.63) is 64.2 Å². The van der Waals surface area contributed by atoms with E-state index < -0.39 is 17.0 Å². The van der Waals surface area contributed by atoms with Crippen molar-refractivity contribution in [3.8, 4) is 33.2 Å². The van der Waals surface area contributed by atoms with Crippen molar-refractivity contribution in [2.45, 2.75) is 11.8 Å². The van der Waals surface area contributed by atoms with Crippen LogP contribution < -0.4 is 0 Å². The lowest BCUT2D eigenvalue weighted by Crippen LogP contribution is -1.96.